The van der Waals surface area contributed by atoms with Crippen molar-refractivity contribution in [2.24, 2.45) is 0 Å². The fraction of sp³-hybridized carbons (Fsp3) is 0.276. The number of carbonyl (C=O) groups is 2. The molecule has 1 heterocycles. The summed E-state index contributed by atoms with van der Waals surface area (Å²) in [5, 5.41) is 12.3. The van der Waals surface area contributed by atoms with E-state index in [1.165, 1.54) is 0 Å². The number of hydrogen-bond donors (Lipinski definition) is 3. The van der Waals surface area contributed by atoms with Crippen LogP contribution in [0.2, 0.25) is 0 Å². The maximum Gasteiger partial charge on any atom is 0.335 e. The van der Waals surface area contributed by atoms with Crippen molar-refractivity contribution in [2.45, 2.75) is 45.7 Å². The minimum absolute atomic E-state index is 0.0902. The molecule has 0 unspecified atom stereocenters. The van der Waals surface area contributed by atoms with Crippen LogP contribution in [0.1, 0.15) is 56.6 Å². The molecule has 0 saturated heterocycles. The number of thiol groups is 1. The summed E-state index contributed by atoms with van der Waals surface area (Å²) in [5.74, 6) is 0.407. The molecular formula is C29H31N3O3S. The highest BCUT2D eigenvalue weighted by Gasteiger charge is 2.18. The molecule has 0 aliphatic rings. The largest absolute Gasteiger partial charge is 0.478 e. The normalized spacial score (nSPS) is 12.0. The second kappa shape index (κ2) is 11.4. The van der Waals surface area contributed by atoms with Crippen molar-refractivity contribution in [1.82, 2.24) is 14.9 Å². The van der Waals surface area contributed by atoms with Gasteiger partial charge in [0, 0.05) is 30.3 Å². The van der Waals surface area contributed by atoms with Gasteiger partial charge >= 0.3 is 5.97 Å². The molecule has 0 bridgehead atoms. The second-order valence-electron chi connectivity index (χ2n) is 9.07. The molecule has 3 aromatic carbocycles. The Hall–Kier alpha value is -3.58. The van der Waals surface area contributed by atoms with Crippen molar-refractivity contribution < 1.29 is 14.7 Å². The van der Waals surface area contributed by atoms with Crippen LogP contribution in [0.5, 0.6) is 0 Å². The van der Waals surface area contributed by atoms with E-state index in [9.17, 15) is 14.7 Å². The number of carboxylic acids is 1. The Bertz CT molecular complexity index is 1360. The number of amides is 1. The van der Waals surface area contributed by atoms with E-state index in [-0.39, 0.29) is 17.5 Å². The molecule has 1 aromatic heterocycles. The number of aryl methyl sites for hydroxylation is 2. The fourth-order valence-corrected chi connectivity index (χ4v) is 4.65. The van der Waals surface area contributed by atoms with Gasteiger partial charge in [-0.3, -0.25) is 4.79 Å². The van der Waals surface area contributed by atoms with Crippen molar-refractivity contribution in [3.05, 3.63) is 100 Å². The number of aromatic nitrogens is 2. The van der Waals surface area contributed by atoms with Gasteiger partial charge in [-0.2, -0.15) is 12.6 Å². The minimum Gasteiger partial charge on any atom is -0.478 e. The van der Waals surface area contributed by atoms with Crippen LogP contribution in [-0.4, -0.2) is 38.3 Å². The van der Waals surface area contributed by atoms with E-state index >= 15 is 0 Å². The van der Waals surface area contributed by atoms with Crippen LogP contribution in [0, 0.1) is 6.92 Å². The first-order valence-electron chi connectivity index (χ1n) is 12.2. The third-order valence-electron chi connectivity index (χ3n) is 6.28. The molecule has 7 heteroatoms. The van der Waals surface area contributed by atoms with Gasteiger partial charge < -0.3 is 15.0 Å². The zero-order chi connectivity index (χ0) is 25.7. The summed E-state index contributed by atoms with van der Waals surface area (Å²) in [6.45, 7) is 4.64. The van der Waals surface area contributed by atoms with E-state index in [1.807, 2.05) is 49.4 Å². The average Bonchev–Trinajstić information content (AvgIpc) is 3.22. The van der Waals surface area contributed by atoms with Crippen LogP contribution in [0.4, 0.5) is 0 Å². The van der Waals surface area contributed by atoms with E-state index in [4.69, 9.17) is 4.98 Å². The summed E-state index contributed by atoms with van der Waals surface area (Å²) in [6.07, 6.45) is 2.46. The number of nitrogens with zero attached hydrogens (tertiary/aromatic N) is 2. The first-order chi connectivity index (χ1) is 17.4. The molecule has 0 spiro atoms. The molecule has 4 aromatic rings. The van der Waals surface area contributed by atoms with E-state index in [2.05, 4.69) is 41.6 Å². The number of benzene rings is 3. The van der Waals surface area contributed by atoms with Crippen molar-refractivity contribution in [2.75, 3.05) is 5.75 Å². The zero-order valence-electron chi connectivity index (χ0n) is 20.6. The van der Waals surface area contributed by atoms with Gasteiger partial charge in [-0.1, -0.05) is 49.4 Å². The highest BCUT2D eigenvalue weighted by Crippen LogP contribution is 2.24. The average molecular weight is 502 g/mol. The first kappa shape index (κ1) is 25.5. The van der Waals surface area contributed by atoms with Crippen LogP contribution in [0.25, 0.3) is 11.0 Å². The molecule has 6 nitrogen and oxygen atoms in total. The first-order valence-corrected chi connectivity index (χ1v) is 12.8. The molecule has 0 aliphatic carbocycles. The molecule has 0 fully saturated rings. The SMILES string of the molecule is CCCc1nc2c(C)cc(C(=O)N[C@@H](CS)Cc3ccccc3)cc2n1Cc1ccc(C(=O)O)cc1. The third-order valence-corrected chi connectivity index (χ3v) is 6.72. The maximum absolute atomic E-state index is 13.3. The Labute approximate surface area is 216 Å². The standard InChI is InChI=1S/C29H31N3O3S/c1-3-7-26-31-27-19(2)14-23(28(33)30-24(18-36)15-20-8-5-4-6-9-20)16-25(27)32(26)17-21-10-12-22(13-11-21)29(34)35/h4-6,8-14,16,24,36H,3,7,15,17-18H2,1-2H3,(H,30,33)(H,34,35)/t24-/m1/s1. The molecule has 2 N–H and O–H groups in total. The summed E-state index contributed by atoms with van der Waals surface area (Å²) in [5.41, 5.74) is 5.70. The van der Waals surface area contributed by atoms with Crippen molar-refractivity contribution in [3.8, 4) is 0 Å². The number of nitrogens with one attached hydrogen (secondary N) is 1. The number of rotatable bonds is 10. The summed E-state index contributed by atoms with van der Waals surface area (Å²) in [6, 6.07) is 20.7. The summed E-state index contributed by atoms with van der Waals surface area (Å²) >= 11 is 4.46. The fourth-order valence-electron chi connectivity index (χ4n) is 4.43. The third kappa shape index (κ3) is 5.79. The summed E-state index contributed by atoms with van der Waals surface area (Å²) in [4.78, 5) is 29.4. The molecule has 0 aliphatic heterocycles. The number of aromatic carboxylic acids is 1. The Kier molecular flexibility index (Phi) is 8.10. The lowest BCUT2D eigenvalue weighted by Gasteiger charge is -2.17. The molecular weight excluding hydrogens is 470 g/mol. The van der Waals surface area contributed by atoms with E-state index in [1.54, 1.807) is 12.1 Å². The number of imidazole rings is 1. The summed E-state index contributed by atoms with van der Waals surface area (Å²) in [7, 11) is 0. The van der Waals surface area contributed by atoms with Gasteiger partial charge in [-0.15, -0.1) is 0 Å². The predicted octanol–water partition coefficient (Wildman–Crippen LogP) is 5.31. The molecule has 186 valence electrons. The Morgan fingerprint density at radius 3 is 2.39 bits per heavy atom. The predicted molar refractivity (Wildman–Crippen MR) is 146 cm³/mol. The number of carbonyl (C=O) groups excluding carboxylic acids is 1. The van der Waals surface area contributed by atoms with Crippen molar-refractivity contribution in [3.63, 3.8) is 0 Å². The zero-order valence-corrected chi connectivity index (χ0v) is 21.5. The Balaban J connectivity index is 1.65. The van der Waals surface area contributed by atoms with Gasteiger partial charge in [0.05, 0.1) is 16.6 Å². The van der Waals surface area contributed by atoms with Gasteiger partial charge in [-0.05, 0) is 60.7 Å². The minimum atomic E-state index is -0.945. The van der Waals surface area contributed by atoms with E-state index < -0.39 is 5.97 Å². The Morgan fingerprint density at radius 2 is 1.75 bits per heavy atom. The highest BCUT2D eigenvalue weighted by atomic mass is 32.1. The smallest absolute Gasteiger partial charge is 0.335 e. The van der Waals surface area contributed by atoms with Crippen LogP contribution >= 0.6 is 12.6 Å². The monoisotopic (exact) mass is 501 g/mol. The van der Waals surface area contributed by atoms with Gasteiger partial charge in [-0.25, -0.2) is 9.78 Å². The van der Waals surface area contributed by atoms with Crippen molar-refractivity contribution in [1.29, 1.82) is 0 Å². The molecule has 0 radical (unpaired) electrons. The second-order valence-corrected chi connectivity index (χ2v) is 9.43. The van der Waals surface area contributed by atoms with Gasteiger partial charge in [0.15, 0.2) is 0 Å². The maximum atomic E-state index is 13.3. The van der Waals surface area contributed by atoms with Crippen LogP contribution in [-0.2, 0) is 19.4 Å². The molecule has 0 saturated carbocycles. The lowest BCUT2D eigenvalue weighted by molar-refractivity contribution is 0.0696. The summed E-state index contributed by atoms with van der Waals surface area (Å²) < 4.78 is 2.14. The molecule has 1 amide bonds. The van der Waals surface area contributed by atoms with E-state index in [0.29, 0.717) is 24.3 Å². The van der Waals surface area contributed by atoms with Gasteiger partial charge in [0.2, 0.25) is 0 Å². The topological polar surface area (TPSA) is 84.2 Å². The highest BCUT2D eigenvalue weighted by molar-refractivity contribution is 7.80. The number of hydrogen-bond acceptors (Lipinski definition) is 4. The number of carboxylic acid groups (broad SMARTS) is 1. The van der Waals surface area contributed by atoms with Crippen molar-refractivity contribution >= 4 is 35.5 Å². The van der Waals surface area contributed by atoms with Gasteiger partial charge in [0.1, 0.15) is 5.82 Å². The molecule has 4 rings (SSSR count). The number of fused-ring (bicyclic) bond motifs is 1. The van der Waals surface area contributed by atoms with Crippen LogP contribution < -0.4 is 5.32 Å². The molecule has 36 heavy (non-hydrogen) atoms. The molecule has 1 atom stereocenters. The lowest BCUT2D eigenvalue weighted by Crippen LogP contribution is -2.37. The Morgan fingerprint density at radius 1 is 1.03 bits per heavy atom. The van der Waals surface area contributed by atoms with E-state index in [0.717, 1.165) is 46.4 Å². The lowest BCUT2D eigenvalue weighted by atomic mass is 10.1. The quantitative estimate of drug-likeness (QED) is 0.257. The van der Waals surface area contributed by atoms with Crippen LogP contribution in [0.3, 0.4) is 0 Å². The van der Waals surface area contributed by atoms with Crippen LogP contribution in [0.15, 0.2) is 66.7 Å². The van der Waals surface area contributed by atoms with Gasteiger partial charge in [0.25, 0.3) is 5.91 Å².